The molecule has 0 saturated carbocycles. The quantitative estimate of drug-likeness (QED) is 0.524. The molecule has 3 aromatic rings. The number of fused-ring (bicyclic) bond motifs is 3. The van der Waals surface area contributed by atoms with E-state index in [-0.39, 0.29) is 11.4 Å². The molecule has 134 valence electrons. The zero-order chi connectivity index (χ0) is 17.6. The van der Waals surface area contributed by atoms with E-state index in [1.807, 2.05) is 24.3 Å². The molecular formula is C21H21NO4. The lowest BCUT2D eigenvalue weighted by molar-refractivity contribution is -0.185. The molecule has 5 heteroatoms. The summed E-state index contributed by atoms with van der Waals surface area (Å²) >= 11 is 0. The predicted molar refractivity (Wildman–Crippen MR) is 99.1 cm³/mol. The first-order valence-electron chi connectivity index (χ1n) is 9.17. The van der Waals surface area contributed by atoms with E-state index in [9.17, 15) is 4.79 Å². The Hall–Kier alpha value is -2.21. The number of benzene rings is 2. The van der Waals surface area contributed by atoms with Crippen LogP contribution in [0.4, 0.5) is 0 Å². The molecule has 5 nitrogen and oxygen atoms in total. The highest BCUT2D eigenvalue weighted by atomic mass is 16.7. The summed E-state index contributed by atoms with van der Waals surface area (Å²) in [5, 5.41) is 3.07. The Labute approximate surface area is 151 Å². The summed E-state index contributed by atoms with van der Waals surface area (Å²) in [7, 11) is 0. The Morgan fingerprint density at radius 2 is 1.73 bits per heavy atom. The van der Waals surface area contributed by atoms with E-state index in [4.69, 9.17) is 13.9 Å². The molecule has 0 bridgehead atoms. The lowest BCUT2D eigenvalue weighted by Gasteiger charge is -2.37. The van der Waals surface area contributed by atoms with Gasteiger partial charge in [-0.05, 0) is 10.9 Å². The molecular weight excluding hydrogens is 330 g/mol. The Balaban J connectivity index is 1.47. The van der Waals surface area contributed by atoms with Crippen molar-refractivity contribution >= 4 is 21.7 Å². The first-order chi connectivity index (χ1) is 12.7. The molecule has 0 unspecified atom stereocenters. The standard InChI is InChI=1S/C21H21NO4/c23-19-13-16(14-22-9-7-21(8-10-22)24-11-12-25-21)18-6-5-15-3-1-2-4-17(15)20(18)26-19/h1-6,13H,7-12,14H2. The lowest BCUT2D eigenvalue weighted by Crippen LogP contribution is -2.44. The van der Waals surface area contributed by atoms with Gasteiger partial charge in [0.05, 0.1) is 13.2 Å². The van der Waals surface area contributed by atoms with Crippen LogP contribution in [0, 0.1) is 0 Å². The normalized spacial score (nSPS) is 20.3. The molecule has 0 aliphatic carbocycles. The van der Waals surface area contributed by atoms with Crippen LogP contribution in [-0.2, 0) is 16.0 Å². The minimum Gasteiger partial charge on any atom is -0.422 e. The highest BCUT2D eigenvalue weighted by Crippen LogP contribution is 2.33. The van der Waals surface area contributed by atoms with E-state index in [0.29, 0.717) is 18.8 Å². The number of hydrogen-bond acceptors (Lipinski definition) is 5. The number of piperidine rings is 1. The van der Waals surface area contributed by atoms with Gasteiger partial charge in [0.2, 0.25) is 0 Å². The molecule has 1 aromatic heterocycles. The largest absolute Gasteiger partial charge is 0.422 e. The summed E-state index contributed by atoms with van der Waals surface area (Å²) < 4.78 is 17.2. The number of hydrogen-bond donors (Lipinski definition) is 0. The summed E-state index contributed by atoms with van der Waals surface area (Å²) in [6, 6.07) is 13.8. The molecule has 0 N–H and O–H groups in total. The van der Waals surface area contributed by atoms with Crippen molar-refractivity contribution in [3.05, 3.63) is 58.4 Å². The maximum absolute atomic E-state index is 12.2. The van der Waals surface area contributed by atoms with E-state index >= 15 is 0 Å². The van der Waals surface area contributed by atoms with Crippen LogP contribution in [0.25, 0.3) is 21.7 Å². The zero-order valence-corrected chi connectivity index (χ0v) is 14.6. The molecule has 3 heterocycles. The Bertz CT molecular complexity index is 1010. The molecule has 2 aliphatic rings. The van der Waals surface area contributed by atoms with Gasteiger partial charge in [0.15, 0.2) is 5.79 Å². The van der Waals surface area contributed by atoms with Crippen LogP contribution in [-0.4, -0.2) is 37.0 Å². The topological polar surface area (TPSA) is 51.9 Å². The van der Waals surface area contributed by atoms with Crippen molar-refractivity contribution in [2.45, 2.75) is 25.2 Å². The van der Waals surface area contributed by atoms with Crippen LogP contribution in [0.3, 0.4) is 0 Å². The second kappa shape index (κ2) is 6.20. The highest BCUT2D eigenvalue weighted by Gasteiger charge is 2.39. The predicted octanol–water partition coefficient (Wildman–Crippen LogP) is 3.29. The molecule has 2 fully saturated rings. The smallest absolute Gasteiger partial charge is 0.336 e. The van der Waals surface area contributed by atoms with Crippen molar-refractivity contribution < 1.29 is 13.9 Å². The first kappa shape index (κ1) is 16.0. The van der Waals surface area contributed by atoms with Gasteiger partial charge >= 0.3 is 5.63 Å². The maximum atomic E-state index is 12.2. The molecule has 0 amide bonds. The van der Waals surface area contributed by atoms with E-state index < -0.39 is 0 Å². The van der Waals surface area contributed by atoms with Gasteiger partial charge in [-0.1, -0.05) is 36.4 Å². The lowest BCUT2D eigenvalue weighted by atomic mass is 10.0. The van der Waals surface area contributed by atoms with Crippen molar-refractivity contribution in [2.24, 2.45) is 0 Å². The molecule has 5 rings (SSSR count). The Morgan fingerprint density at radius 3 is 2.54 bits per heavy atom. The highest BCUT2D eigenvalue weighted by molar-refractivity contribution is 6.04. The molecule has 0 atom stereocenters. The van der Waals surface area contributed by atoms with Gasteiger partial charge in [0.25, 0.3) is 0 Å². The summed E-state index contributed by atoms with van der Waals surface area (Å²) in [5.41, 5.74) is 1.41. The second-order valence-electron chi connectivity index (χ2n) is 7.14. The zero-order valence-electron chi connectivity index (χ0n) is 14.6. The fourth-order valence-corrected chi connectivity index (χ4v) is 4.17. The number of ether oxygens (including phenoxy) is 2. The van der Waals surface area contributed by atoms with Gasteiger partial charge in [-0.25, -0.2) is 4.79 Å². The number of rotatable bonds is 2. The Kier molecular flexibility index (Phi) is 3.81. The van der Waals surface area contributed by atoms with E-state index in [0.717, 1.165) is 54.2 Å². The van der Waals surface area contributed by atoms with Crippen molar-refractivity contribution in [2.75, 3.05) is 26.3 Å². The summed E-state index contributed by atoms with van der Waals surface area (Å²) in [6.45, 7) is 3.91. The van der Waals surface area contributed by atoms with Gasteiger partial charge in [0.1, 0.15) is 5.58 Å². The van der Waals surface area contributed by atoms with Crippen LogP contribution in [0.1, 0.15) is 18.4 Å². The van der Waals surface area contributed by atoms with Crippen molar-refractivity contribution in [1.82, 2.24) is 4.90 Å². The average Bonchev–Trinajstić information content (AvgIpc) is 3.12. The van der Waals surface area contributed by atoms with Crippen molar-refractivity contribution in [3.8, 4) is 0 Å². The first-order valence-corrected chi connectivity index (χ1v) is 9.17. The van der Waals surface area contributed by atoms with Crippen molar-refractivity contribution in [3.63, 3.8) is 0 Å². The molecule has 0 radical (unpaired) electrons. The Morgan fingerprint density at radius 1 is 0.962 bits per heavy atom. The maximum Gasteiger partial charge on any atom is 0.336 e. The summed E-state index contributed by atoms with van der Waals surface area (Å²) in [4.78, 5) is 14.5. The van der Waals surface area contributed by atoms with E-state index in [2.05, 4.69) is 17.0 Å². The minimum atomic E-state index is -0.371. The van der Waals surface area contributed by atoms with Crippen LogP contribution >= 0.6 is 0 Å². The van der Waals surface area contributed by atoms with Crippen LogP contribution in [0.15, 0.2) is 51.7 Å². The average molecular weight is 351 g/mol. The third kappa shape index (κ3) is 2.72. The van der Waals surface area contributed by atoms with Crippen LogP contribution < -0.4 is 5.63 Å². The van der Waals surface area contributed by atoms with Gasteiger partial charge in [-0.2, -0.15) is 0 Å². The monoisotopic (exact) mass is 351 g/mol. The molecule has 2 saturated heterocycles. The molecule has 1 spiro atoms. The van der Waals surface area contributed by atoms with Gasteiger partial charge < -0.3 is 13.9 Å². The summed E-state index contributed by atoms with van der Waals surface area (Å²) in [6.07, 6.45) is 1.74. The van der Waals surface area contributed by atoms with Gasteiger partial charge in [-0.15, -0.1) is 0 Å². The SMILES string of the molecule is O=c1cc(CN2CCC3(CC2)OCCO3)c2ccc3ccccc3c2o1. The second-order valence-corrected chi connectivity index (χ2v) is 7.14. The van der Waals surface area contributed by atoms with Gasteiger partial charge in [-0.3, -0.25) is 4.90 Å². The fraction of sp³-hybridized carbons (Fsp3) is 0.381. The molecule has 2 aliphatic heterocycles. The number of nitrogens with zero attached hydrogens (tertiary/aromatic N) is 1. The third-order valence-electron chi connectivity index (χ3n) is 5.55. The summed E-state index contributed by atoms with van der Waals surface area (Å²) in [5.74, 6) is -0.371. The van der Waals surface area contributed by atoms with E-state index in [1.54, 1.807) is 6.07 Å². The van der Waals surface area contributed by atoms with Crippen LogP contribution in [0.2, 0.25) is 0 Å². The van der Waals surface area contributed by atoms with Gasteiger partial charge in [0, 0.05) is 49.3 Å². The minimum absolute atomic E-state index is 0.292. The van der Waals surface area contributed by atoms with E-state index in [1.165, 1.54) is 0 Å². The number of likely N-dealkylation sites (tertiary alicyclic amines) is 1. The molecule has 26 heavy (non-hydrogen) atoms. The fourth-order valence-electron chi connectivity index (χ4n) is 4.17. The third-order valence-corrected chi connectivity index (χ3v) is 5.55. The van der Waals surface area contributed by atoms with Crippen molar-refractivity contribution in [1.29, 1.82) is 0 Å². The molecule has 2 aromatic carbocycles. The van der Waals surface area contributed by atoms with Crippen LogP contribution in [0.5, 0.6) is 0 Å².